The van der Waals surface area contributed by atoms with Crippen molar-refractivity contribution in [2.24, 2.45) is 0 Å². The maximum absolute atomic E-state index is 5.46. The molecule has 8 nitrogen and oxygen atoms in total. The Morgan fingerprint density at radius 3 is 1.08 bits per heavy atom. The third-order valence-corrected chi connectivity index (χ3v) is 20.6. The minimum absolute atomic E-state index is 0.107. The van der Waals surface area contributed by atoms with Gasteiger partial charge in [-0.1, -0.05) is 233 Å². The van der Waals surface area contributed by atoms with E-state index in [0.29, 0.717) is 41.4 Å². The molecule has 1 unspecified atom stereocenters. The number of hydrogen-bond donors (Lipinski definition) is 0. The van der Waals surface area contributed by atoms with Gasteiger partial charge in [0.05, 0.1) is 22.1 Å². The molecule has 13 aromatic carbocycles. The summed E-state index contributed by atoms with van der Waals surface area (Å²) >= 11 is 0. The van der Waals surface area contributed by atoms with Crippen molar-refractivity contribution in [3.8, 4) is 113 Å². The minimum Gasteiger partial charge on any atom is -0.309 e. The number of para-hydroxylation sites is 2. The predicted molar refractivity (Wildman–Crippen MR) is 400 cm³/mol. The molecule has 0 amide bonds. The number of rotatable bonds is 11. The Bertz CT molecular complexity index is 5980. The van der Waals surface area contributed by atoms with Crippen molar-refractivity contribution in [2.75, 3.05) is 0 Å². The summed E-state index contributed by atoms with van der Waals surface area (Å²) in [4.78, 5) is 31.2. The van der Waals surface area contributed by atoms with Gasteiger partial charge in [0, 0.05) is 77.1 Å². The highest BCUT2D eigenvalue weighted by Gasteiger charge is 2.41. The van der Waals surface area contributed by atoms with Gasteiger partial charge in [-0.25, -0.2) is 29.9 Å². The highest BCUT2D eigenvalue weighted by atomic mass is 15.0. The standard InChI is InChI=1S/C90H62N8/c1-89(2)75-36-20-16-32-67(75)71-53-81-73(51-77(71)89)69-34-18-22-38-79(69)97(81)65-46-42-62(43-47-65)87-94-85(60-30-14-7-15-31-60)95-88(96-87)64-49-56(48-63(50-64)57-24-8-4-9-25-57)55-90(3)76-37-21-17-33-68(76)72-54-82-74(52-78(72)90)70-35-19-23-39-80(70)98(82)66-44-40-61(41-45-66)86-92-83(58-26-10-5-11-27-58)91-84(93-86)59-28-12-6-13-29-59/h4-54H,55H2,1-3H3. The van der Waals surface area contributed by atoms with E-state index in [4.69, 9.17) is 29.9 Å². The van der Waals surface area contributed by atoms with Crippen molar-refractivity contribution < 1.29 is 0 Å². The van der Waals surface area contributed by atoms with Crippen LogP contribution < -0.4 is 0 Å². The number of fused-ring (bicyclic) bond motifs is 12. The van der Waals surface area contributed by atoms with Crippen LogP contribution in [0.4, 0.5) is 0 Å². The van der Waals surface area contributed by atoms with Gasteiger partial charge in [-0.15, -0.1) is 0 Å². The van der Waals surface area contributed by atoms with Crippen LogP contribution in [0.3, 0.4) is 0 Å². The zero-order valence-electron chi connectivity index (χ0n) is 54.2. The van der Waals surface area contributed by atoms with E-state index in [9.17, 15) is 0 Å². The molecule has 4 heterocycles. The van der Waals surface area contributed by atoms with Gasteiger partial charge in [-0.05, 0) is 165 Å². The molecule has 0 aliphatic heterocycles. The molecule has 0 fully saturated rings. The van der Waals surface area contributed by atoms with Crippen molar-refractivity contribution in [1.82, 2.24) is 39.0 Å². The summed E-state index contributed by atoms with van der Waals surface area (Å²) in [5.41, 5.74) is 25.5. The Labute approximate surface area is 567 Å². The Hall–Kier alpha value is -12.5. The van der Waals surface area contributed by atoms with Crippen LogP contribution >= 0.6 is 0 Å². The molecule has 19 rings (SSSR count). The summed E-state index contributed by atoms with van der Waals surface area (Å²) in [7, 11) is 0. The van der Waals surface area contributed by atoms with Gasteiger partial charge in [-0.2, -0.15) is 0 Å². The second-order valence-corrected chi connectivity index (χ2v) is 26.8. The van der Waals surface area contributed by atoms with E-state index in [-0.39, 0.29) is 5.41 Å². The van der Waals surface area contributed by atoms with Crippen LogP contribution in [-0.2, 0) is 17.3 Å². The lowest BCUT2D eigenvalue weighted by molar-refractivity contribution is 0.584. The third kappa shape index (κ3) is 9.20. The molecule has 0 saturated heterocycles. The van der Waals surface area contributed by atoms with E-state index in [1.54, 1.807) is 0 Å². The summed E-state index contributed by atoms with van der Waals surface area (Å²) in [6, 6.07) is 111. The molecule has 0 bridgehead atoms. The topological polar surface area (TPSA) is 87.2 Å². The van der Waals surface area contributed by atoms with Crippen molar-refractivity contribution in [3.05, 3.63) is 337 Å². The Morgan fingerprint density at radius 2 is 0.602 bits per heavy atom. The van der Waals surface area contributed by atoms with Crippen molar-refractivity contribution in [2.45, 2.75) is 38.0 Å². The van der Waals surface area contributed by atoms with Crippen LogP contribution in [0.5, 0.6) is 0 Å². The van der Waals surface area contributed by atoms with E-state index in [1.807, 2.05) is 78.9 Å². The lowest BCUT2D eigenvalue weighted by atomic mass is 9.74. The van der Waals surface area contributed by atoms with Gasteiger partial charge in [0.25, 0.3) is 0 Å². The van der Waals surface area contributed by atoms with Crippen LogP contribution in [0.25, 0.3) is 157 Å². The molecular formula is C90H62N8. The maximum Gasteiger partial charge on any atom is 0.164 e. The molecule has 0 radical (unpaired) electrons. The first-order valence-electron chi connectivity index (χ1n) is 33.6. The van der Waals surface area contributed by atoms with Gasteiger partial charge in [0.2, 0.25) is 0 Å². The van der Waals surface area contributed by atoms with E-state index in [0.717, 1.165) is 66.9 Å². The van der Waals surface area contributed by atoms with Crippen LogP contribution in [0, 0.1) is 0 Å². The second kappa shape index (κ2) is 22.3. The zero-order valence-corrected chi connectivity index (χ0v) is 54.2. The lowest BCUT2D eigenvalue weighted by Crippen LogP contribution is -2.24. The molecule has 17 aromatic rings. The third-order valence-electron chi connectivity index (χ3n) is 20.6. The van der Waals surface area contributed by atoms with Gasteiger partial charge >= 0.3 is 0 Å². The van der Waals surface area contributed by atoms with E-state index >= 15 is 0 Å². The summed E-state index contributed by atoms with van der Waals surface area (Å²) in [6.07, 6.45) is 0.714. The Morgan fingerprint density at radius 1 is 0.245 bits per heavy atom. The normalized spacial score (nSPS) is 14.2. The molecule has 0 saturated carbocycles. The Balaban J connectivity index is 0.714. The quantitative estimate of drug-likeness (QED) is 0.128. The summed E-state index contributed by atoms with van der Waals surface area (Å²) in [5, 5.41) is 4.88. The molecule has 8 heteroatoms. The van der Waals surface area contributed by atoms with Crippen LogP contribution in [0.1, 0.15) is 48.6 Å². The lowest BCUT2D eigenvalue weighted by Gasteiger charge is -2.28. The summed E-state index contributed by atoms with van der Waals surface area (Å²) in [5.74, 6) is 3.72. The van der Waals surface area contributed by atoms with Crippen molar-refractivity contribution >= 4 is 43.6 Å². The monoisotopic (exact) mass is 1250 g/mol. The summed E-state index contributed by atoms with van der Waals surface area (Å²) in [6.45, 7) is 7.15. The highest BCUT2D eigenvalue weighted by molar-refractivity contribution is 6.13. The molecule has 0 N–H and O–H groups in total. The summed E-state index contributed by atoms with van der Waals surface area (Å²) < 4.78 is 4.83. The molecule has 1 atom stereocenters. The molecule has 462 valence electrons. The number of nitrogens with zero attached hydrogens (tertiary/aromatic N) is 8. The van der Waals surface area contributed by atoms with E-state index in [1.165, 1.54) is 82.6 Å². The molecule has 2 aliphatic rings. The predicted octanol–water partition coefficient (Wildman–Crippen LogP) is 21.8. The van der Waals surface area contributed by atoms with Crippen molar-refractivity contribution in [3.63, 3.8) is 0 Å². The maximum atomic E-state index is 5.46. The average Bonchev–Trinajstić information content (AvgIpc) is 1.57. The highest BCUT2D eigenvalue weighted by Crippen LogP contribution is 2.54. The average molecular weight is 1260 g/mol. The fourth-order valence-electron chi connectivity index (χ4n) is 15.9. The van der Waals surface area contributed by atoms with Gasteiger partial charge in [0.15, 0.2) is 34.9 Å². The molecule has 2 aliphatic carbocycles. The fraction of sp³-hybridized carbons (Fsp3) is 0.0667. The molecule has 0 spiro atoms. The molecule has 4 aromatic heterocycles. The first-order chi connectivity index (χ1) is 48.2. The number of hydrogen-bond acceptors (Lipinski definition) is 6. The number of aromatic nitrogens is 8. The second-order valence-electron chi connectivity index (χ2n) is 26.8. The van der Waals surface area contributed by atoms with E-state index < -0.39 is 5.41 Å². The number of benzene rings is 13. The van der Waals surface area contributed by atoms with Gasteiger partial charge in [-0.3, -0.25) is 0 Å². The van der Waals surface area contributed by atoms with Gasteiger partial charge < -0.3 is 9.13 Å². The minimum atomic E-state index is -0.433. The SMILES string of the molecule is CC1(C)c2ccccc2-c2cc3c(cc21)c1ccccc1n3-c1ccc(-c2nc(-c3ccccc3)nc(-c3cc(CC4(C)c5ccccc5-c5cc6c(cc54)c4ccccc4n6-c4ccc(-c5nc(-c6ccccc6)nc(-c6ccccc6)n5)cc4)cc(-c4ccccc4)c3)n2)cc1. The molecular weight excluding hydrogens is 1190 g/mol. The van der Waals surface area contributed by atoms with Crippen LogP contribution in [-0.4, -0.2) is 39.0 Å². The van der Waals surface area contributed by atoms with Crippen LogP contribution in [0.2, 0.25) is 0 Å². The van der Waals surface area contributed by atoms with Crippen molar-refractivity contribution in [1.29, 1.82) is 0 Å². The largest absolute Gasteiger partial charge is 0.309 e. The smallest absolute Gasteiger partial charge is 0.164 e. The van der Waals surface area contributed by atoms with Gasteiger partial charge in [0.1, 0.15) is 0 Å². The van der Waals surface area contributed by atoms with E-state index in [2.05, 4.69) is 260 Å². The fourth-order valence-corrected chi connectivity index (χ4v) is 15.9. The zero-order chi connectivity index (χ0) is 65.2. The molecule has 98 heavy (non-hydrogen) atoms. The first-order valence-corrected chi connectivity index (χ1v) is 33.6. The van der Waals surface area contributed by atoms with Crippen LogP contribution in [0.15, 0.2) is 309 Å². The first kappa shape index (κ1) is 57.0. The Kier molecular flexibility index (Phi) is 13.0.